The third-order valence-corrected chi connectivity index (χ3v) is 5.19. The van der Waals surface area contributed by atoms with Gasteiger partial charge in [-0.15, -0.1) is 0 Å². The number of methoxy groups -OCH3 is 1. The average Bonchev–Trinajstić information content (AvgIpc) is 3.38. The van der Waals surface area contributed by atoms with Crippen molar-refractivity contribution in [3.63, 3.8) is 0 Å². The number of ketones is 1. The van der Waals surface area contributed by atoms with Crippen LogP contribution in [-0.4, -0.2) is 22.7 Å². The predicted molar refractivity (Wildman–Crippen MR) is 112 cm³/mol. The van der Waals surface area contributed by atoms with E-state index in [1.807, 2.05) is 24.3 Å². The molecule has 0 bridgehead atoms. The fourth-order valence-electron chi connectivity index (χ4n) is 3.63. The van der Waals surface area contributed by atoms with Gasteiger partial charge >= 0.3 is 0 Å². The molecule has 0 aliphatic heterocycles. The van der Waals surface area contributed by atoms with Crippen molar-refractivity contribution >= 4 is 11.9 Å². The summed E-state index contributed by atoms with van der Waals surface area (Å²) in [4.78, 5) is 12.3. The van der Waals surface area contributed by atoms with E-state index in [-0.39, 0.29) is 5.78 Å². The van der Waals surface area contributed by atoms with Crippen LogP contribution in [0.2, 0.25) is 0 Å². The molecule has 0 atom stereocenters. The molecule has 0 spiro atoms. The van der Waals surface area contributed by atoms with Gasteiger partial charge in [0.15, 0.2) is 5.78 Å². The highest BCUT2D eigenvalue weighted by atomic mass is 16.5. The van der Waals surface area contributed by atoms with Crippen LogP contribution in [0.25, 0.3) is 6.08 Å². The maximum atomic E-state index is 12.3. The van der Waals surface area contributed by atoms with Crippen molar-refractivity contribution in [1.82, 2.24) is 9.78 Å². The molecule has 3 aromatic rings. The smallest absolute Gasteiger partial charge is 0.189 e. The molecule has 0 saturated heterocycles. The van der Waals surface area contributed by atoms with Gasteiger partial charge in [0.2, 0.25) is 0 Å². The van der Waals surface area contributed by atoms with Crippen LogP contribution in [0, 0.1) is 0 Å². The van der Waals surface area contributed by atoms with E-state index in [1.165, 1.54) is 17.5 Å². The largest absolute Gasteiger partial charge is 0.496 e. The molecule has 0 fully saturated rings. The van der Waals surface area contributed by atoms with Crippen LogP contribution in [0.15, 0.2) is 54.9 Å². The maximum Gasteiger partial charge on any atom is 0.189 e. The van der Waals surface area contributed by atoms with E-state index in [0.717, 1.165) is 35.5 Å². The summed E-state index contributed by atoms with van der Waals surface area (Å²) in [5, 5.41) is 4.03. The van der Waals surface area contributed by atoms with Crippen molar-refractivity contribution in [3.05, 3.63) is 82.7 Å². The molecular formula is C24H24N2O3. The summed E-state index contributed by atoms with van der Waals surface area (Å²) in [6.45, 7) is 0.403. The molecule has 0 saturated carbocycles. The van der Waals surface area contributed by atoms with Crippen molar-refractivity contribution in [2.24, 2.45) is 7.05 Å². The molecule has 1 aromatic heterocycles. The van der Waals surface area contributed by atoms with E-state index in [4.69, 9.17) is 9.47 Å². The Hall–Kier alpha value is -3.34. The molecule has 1 aliphatic rings. The maximum absolute atomic E-state index is 12.3. The third kappa shape index (κ3) is 4.40. The molecule has 2 aromatic carbocycles. The molecule has 0 N–H and O–H groups in total. The zero-order valence-corrected chi connectivity index (χ0v) is 16.7. The Morgan fingerprint density at radius 3 is 2.83 bits per heavy atom. The van der Waals surface area contributed by atoms with Crippen molar-refractivity contribution in [3.8, 4) is 11.5 Å². The third-order valence-electron chi connectivity index (χ3n) is 5.19. The lowest BCUT2D eigenvalue weighted by Crippen LogP contribution is -2.00. The molecule has 4 rings (SSSR count). The van der Waals surface area contributed by atoms with Crippen molar-refractivity contribution in [2.75, 3.05) is 7.11 Å². The SMILES string of the molecule is COc1ccc(/C=C/C(=O)c2cnn(C)c2)cc1COc1ccc2c(c1)CCC2. The van der Waals surface area contributed by atoms with Gasteiger partial charge in [0, 0.05) is 18.8 Å². The fourth-order valence-corrected chi connectivity index (χ4v) is 3.63. The first-order chi connectivity index (χ1) is 14.1. The van der Waals surface area contributed by atoms with E-state index < -0.39 is 0 Å². The number of ether oxygens (including phenoxy) is 2. The summed E-state index contributed by atoms with van der Waals surface area (Å²) in [5.41, 5.74) is 5.23. The van der Waals surface area contributed by atoms with Gasteiger partial charge in [-0.3, -0.25) is 9.48 Å². The van der Waals surface area contributed by atoms with Crippen molar-refractivity contribution < 1.29 is 14.3 Å². The minimum absolute atomic E-state index is 0.0788. The van der Waals surface area contributed by atoms with Gasteiger partial charge in [0.25, 0.3) is 0 Å². The molecule has 1 heterocycles. The van der Waals surface area contributed by atoms with Crippen LogP contribution < -0.4 is 9.47 Å². The second-order valence-electron chi connectivity index (χ2n) is 7.24. The zero-order chi connectivity index (χ0) is 20.2. The van der Waals surface area contributed by atoms with E-state index in [9.17, 15) is 4.79 Å². The topological polar surface area (TPSA) is 53.3 Å². The molecule has 0 amide bonds. The summed E-state index contributed by atoms with van der Waals surface area (Å²) in [5.74, 6) is 1.56. The van der Waals surface area contributed by atoms with Gasteiger partial charge in [0.1, 0.15) is 18.1 Å². The van der Waals surface area contributed by atoms with Gasteiger partial charge in [-0.2, -0.15) is 5.10 Å². The summed E-state index contributed by atoms with van der Waals surface area (Å²) in [6.07, 6.45) is 10.1. The van der Waals surface area contributed by atoms with Gasteiger partial charge in [-0.1, -0.05) is 18.2 Å². The lowest BCUT2D eigenvalue weighted by atomic mass is 10.1. The Morgan fingerprint density at radius 2 is 2.03 bits per heavy atom. The summed E-state index contributed by atoms with van der Waals surface area (Å²) < 4.78 is 13.1. The number of rotatable bonds is 7. The van der Waals surface area contributed by atoms with Crippen LogP contribution in [0.3, 0.4) is 0 Å². The summed E-state index contributed by atoms with van der Waals surface area (Å²) in [7, 11) is 3.44. The average molecular weight is 388 g/mol. The first-order valence-electron chi connectivity index (χ1n) is 9.75. The Kier molecular flexibility index (Phi) is 5.47. The molecule has 5 nitrogen and oxygen atoms in total. The van der Waals surface area contributed by atoms with Crippen LogP contribution in [0.4, 0.5) is 0 Å². The molecule has 0 radical (unpaired) electrons. The number of hydrogen-bond acceptors (Lipinski definition) is 4. The number of allylic oxidation sites excluding steroid dienone is 1. The van der Waals surface area contributed by atoms with E-state index in [2.05, 4.69) is 17.2 Å². The first-order valence-corrected chi connectivity index (χ1v) is 9.75. The molecule has 1 aliphatic carbocycles. The number of carbonyl (C=O) groups is 1. The summed E-state index contributed by atoms with van der Waals surface area (Å²) >= 11 is 0. The second kappa shape index (κ2) is 8.35. The quantitative estimate of drug-likeness (QED) is 0.445. The Morgan fingerprint density at radius 1 is 1.17 bits per heavy atom. The number of fused-ring (bicyclic) bond motifs is 1. The number of aromatic nitrogens is 2. The van der Waals surface area contributed by atoms with Crippen LogP contribution in [0.1, 0.15) is 39.0 Å². The van der Waals surface area contributed by atoms with E-state index in [1.54, 1.807) is 43.4 Å². The van der Waals surface area contributed by atoms with Crippen LogP contribution in [0.5, 0.6) is 11.5 Å². The van der Waals surface area contributed by atoms with E-state index >= 15 is 0 Å². The zero-order valence-electron chi connectivity index (χ0n) is 16.7. The van der Waals surface area contributed by atoms with Crippen LogP contribution in [-0.2, 0) is 26.5 Å². The normalized spacial score (nSPS) is 12.9. The number of hydrogen-bond donors (Lipinski definition) is 0. The number of carbonyl (C=O) groups excluding carboxylic acids is 1. The molecule has 0 unspecified atom stereocenters. The lowest BCUT2D eigenvalue weighted by Gasteiger charge is -2.12. The first kappa shape index (κ1) is 19.0. The summed E-state index contributed by atoms with van der Waals surface area (Å²) in [6, 6.07) is 12.1. The van der Waals surface area contributed by atoms with Gasteiger partial charge in [0.05, 0.1) is 18.9 Å². The molecule has 5 heteroatoms. The minimum atomic E-state index is -0.0788. The highest BCUT2D eigenvalue weighted by Crippen LogP contribution is 2.28. The predicted octanol–water partition coefficient (Wildman–Crippen LogP) is 4.39. The minimum Gasteiger partial charge on any atom is -0.496 e. The number of aryl methyl sites for hydroxylation is 3. The molecule has 148 valence electrons. The second-order valence-corrected chi connectivity index (χ2v) is 7.24. The van der Waals surface area contributed by atoms with Gasteiger partial charge < -0.3 is 9.47 Å². The van der Waals surface area contributed by atoms with Crippen LogP contribution >= 0.6 is 0 Å². The fraction of sp³-hybridized carbons (Fsp3) is 0.250. The monoisotopic (exact) mass is 388 g/mol. The number of benzene rings is 2. The highest BCUT2D eigenvalue weighted by Gasteiger charge is 2.12. The van der Waals surface area contributed by atoms with Crippen molar-refractivity contribution in [2.45, 2.75) is 25.9 Å². The van der Waals surface area contributed by atoms with Crippen molar-refractivity contribution in [1.29, 1.82) is 0 Å². The lowest BCUT2D eigenvalue weighted by molar-refractivity contribution is 0.104. The van der Waals surface area contributed by atoms with Gasteiger partial charge in [-0.05, 0) is 66.3 Å². The molecular weight excluding hydrogens is 364 g/mol. The number of nitrogens with zero attached hydrogens (tertiary/aromatic N) is 2. The molecule has 29 heavy (non-hydrogen) atoms. The standard InChI is InChI=1S/C24H24N2O3/c1-26-15-21(14-25-26)23(27)10-6-17-7-11-24(28-2)20(12-17)16-29-22-9-8-18-4-3-5-19(18)13-22/h6-15H,3-5,16H2,1-2H3/b10-6+. The van der Waals surface area contributed by atoms with E-state index in [0.29, 0.717) is 12.2 Å². The Bertz CT molecular complexity index is 1070. The van der Waals surface area contributed by atoms with Gasteiger partial charge in [-0.25, -0.2) is 0 Å². The highest BCUT2D eigenvalue weighted by molar-refractivity contribution is 6.06. The Balaban J connectivity index is 1.47. The Labute approximate surface area is 170 Å².